The van der Waals surface area contributed by atoms with E-state index in [9.17, 15) is 4.79 Å². The van der Waals surface area contributed by atoms with Crippen molar-refractivity contribution in [2.24, 2.45) is 0 Å². The van der Waals surface area contributed by atoms with Gasteiger partial charge in [-0.25, -0.2) is 4.79 Å². The summed E-state index contributed by atoms with van der Waals surface area (Å²) in [5, 5.41) is 0. The number of carbonyl (C=O) groups is 1. The number of benzene rings is 1. The second kappa shape index (κ2) is 4.90. The van der Waals surface area contributed by atoms with Crippen molar-refractivity contribution in [3.63, 3.8) is 0 Å². The molecule has 64 valence electrons. The van der Waals surface area contributed by atoms with Crippen molar-refractivity contribution < 1.29 is 13.2 Å². The lowest BCUT2D eigenvalue weighted by molar-refractivity contribution is 0.230. The van der Waals surface area contributed by atoms with E-state index in [1.165, 1.54) is 0 Å². The van der Waals surface area contributed by atoms with Crippen LogP contribution in [0.2, 0.25) is 0 Å². The van der Waals surface area contributed by atoms with Crippen LogP contribution < -0.4 is 4.18 Å². The predicted molar refractivity (Wildman–Crippen MR) is 47.0 cm³/mol. The van der Waals surface area contributed by atoms with E-state index in [0.29, 0.717) is 18.1 Å². The zero-order valence-electron chi connectivity index (χ0n) is 5.90. The largest absolute Gasteiger partial charge is 0.418 e. The summed E-state index contributed by atoms with van der Waals surface area (Å²) < 4.78 is 9.17. The molecule has 0 N–H and O–H groups in total. The van der Waals surface area contributed by atoms with Gasteiger partial charge in [-0.1, -0.05) is 18.2 Å². The van der Waals surface area contributed by atoms with E-state index < -0.39 is 5.43 Å². The first-order chi connectivity index (χ1) is 5.79. The van der Waals surface area contributed by atoms with E-state index >= 15 is 0 Å². The van der Waals surface area contributed by atoms with Gasteiger partial charge in [-0.05, 0) is 12.1 Å². The Morgan fingerprint density at radius 1 is 1.33 bits per heavy atom. The lowest BCUT2D eigenvalue weighted by Gasteiger charge is -1.99. The molecule has 0 saturated carbocycles. The first-order valence-electron chi connectivity index (χ1n) is 3.05. The normalized spacial score (nSPS) is 9.08. The first kappa shape index (κ1) is 9.22. The number of hydrogen-bond acceptors (Lipinski definition) is 4. The lowest BCUT2D eigenvalue weighted by Crippen LogP contribution is -1.87. The maximum absolute atomic E-state index is 10.1. The van der Waals surface area contributed by atoms with E-state index in [1.807, 2.05) is 6.07 Å². The van der Waals surface area contributed by atoms with Crippen LogP contribution >= 0.6 is 23.9 Å². The van der Waals surface area contributed by atoms with Gasteiger partial charge in [0.1, 0.15) is 5.75 Å². The fourth-order valence-electron chi connectivity index (χ4n) is 0.559. The van der Waals surface area contributed by atoms with Gasteiger partial charge in [0.05, 0.1) is 0 Å². The molecule has 5 heteroatoms. The summed E-state index contributed by atoms with van der Waals surface area (Å²) in [5.41, 5.74) is -0.907. The Labute approximate surface area is 79.0 Å². The van der Waals surface area contributed by atoms with E-state index in [-0.39, 0.29) is 0 Å². The van der Waals surface area contributed by atoms with Gasteiger partial charge in [-0.2, -0.15) is 0 Å². The molecule has 0 heterocycles. The second-order valence-corrected chi connectivity index (χ2v) is 2.56. The van der Waals surface area contributed by atoms with E-state index in [4.69, 9.17) is 15.8 Å². The Kier molecular flexibility index (Phi) is 3.76. The SMILES string of the molecule is O=C(Cl)OSOc1ccccc1. The number of halogens is 1. The van der Waals surface area contributed by atoms with Crippen LogP contribution in [0.4, 0.5) is 4.79 Å². The fraction of sp³-hybridized carbons (Fsp3) is 0. The number of hydrogen-bond donors (Lipinski definition) is 0. The predicted octanol–water partition coefficient (Wildman–Crippen LogP) is 3.00. The van der Waals surface area contributed by atoms with E-state index in [0.717, 1.165) is 0 Å². The molecule has 0 aliphatic carbocycles. The molecule has 0 fully saturated rings. The molecule has 0 radical (unpaired) electrons. The molecule has 0 amide bonds. The Bertz CT molecular complexity index is 252. The average molecular weight is 205 g/mol. The number of carbonyl (C=O) groups excluding carboxylic acids is 1. The Hall–Kier alpha value is -0.870. The second-order valence-electron chi connectivity index (χ2n) is 1.79. The summed E-state index contributed by atoms with van der Waals surface area (Å²) in [7, 11) is 0. The van der Waals surface area contributed by atoms with Gasteiger partial charge in [0.15, 0.2) is 0 Å². The highest BCUT2D eigenvalue weighted by Gasteiger charge is 1.98. The van der Waals surface area contributed by atoms with Crippen molar-refractivity contribution >= 4 is 29.4 Å². The summed E-state index contributed by atoms with van der Waals surface area (Å²) in [6.45, 7) is 0. The van der Waals surface area contributed by atoms with Crippen molar-refractivity contribution in [2.75, 3.05) is 0 Å². The molecule has 0 atom stereocenters. The van der Waals surface area contributed by atoms with Crippen molar-refractivity contribution in [2.45, 2.75) is 0 Å². The zero-order chi connectivity index (χ0) is 8.81. The molecule has 0 spiro atoms. The number of para-hydroxylation sites is 1. The van der Waals surface area contributed by atoms with E-state index in [1.54, 1.807) is 24.3 Å². The van der Waals surface area contributed by atoms with Crippen LogP contribution in [0.25, 0.3) is 0 Å². The van der Waals surface area contributed by atoms with Crippen molar-refractivity contribution in [1.82, 2.24) is 0 Å². The van der Waals surface area contributed by atoms with Gasteiger partial charge < -0.3 is 8.37 Å². The van der Waals surface area contributed by atoms with Gasteiger partial charge in [-0.3, -0.25) is 0 Å². The molecule has 0 aromatic heterocycles. The minimum atomic E-state index is -0.907. The van der Waals surface area contributed by atoms with Crippen LogP contribution in [0.1, 0.15) is 0 Å². The Morgan fingerprint density at radius 3 is 2.58 bits per heavy atom. The van der Waals surface area contributed by atoms with Crippen LogP contribution in [-0.2, 0) is 4.18 Å². The van der Waals surface area contributed by atoms with Crippen LogP contribution in [0.3, 0.4) is 0 Å². The first-order valence-corrected chi connectivity index (χ1v) is 4.09. The maximum Gasteiger partial charge on any atom is 0.418 e. The summed E-state index contributed by atoms with van der Waals surface area (Å²) >= 11 is 5.42. The van der Waals surface area contributed by atoms with Crippen molar-refractivity contribution in [1.29, 1.82) is 0 Å². The third-order valence-corrected chi connectivity index (χ3v) is 1.62. The third kappa shape index (κ3) is 3.50. The Morgan fingerprint density at radius 2 is 2.00 bits per heavy atom. The highest BCUT2D eigenvalue weighted by molar-refractivity contribution is 7.90. The minimum absolute atomic E-state index is 0.533. The van der Waals surface area contributed by atoms with Crippen molar-refractivity contribution in [3.8, 4) is 5.75 Å². The zero-order valence-corrected chi connectivity index (χ0v) is 7.47. The van der Waals surface area contributed by atoms with Gasteiger partial charge >= 0.3 is 5.43 Å². The fourth-order valence-corrected chi connectivity index (χ4v) is 0.913. The van der Waals surface area contributed by atoms with Gasteiger partial charge in [0.2, 0.25) is 0 Å². The molecular formula is C7H5ClO3S. The van der Waals surface area contributed by atoms with Gasteiger partial charge in [-0.15, -0.1) is 0 Å². The third-order valence-electron chi connectivity index (χ3n) is 0.973. The smallest absolute Gasteiger partial charge is 0.391 e. The van der Waals surface area contributed by atoms with Crippen LogP contribution in [0.15, 0.2) is 30.3 Å². The van der Waals surface area contributed by atoms with Crippen molar-refractivity contribution in [3.05, 3.63) is 30.3 Å². The quantitative estimate of drug-likeness (QED) is 0.560. The number of rotatable bonds is 3. The topological polar surface area (TPSA) is 35.5 Å². The molecule has 12 heavy (non-hydrogen) atoms. The van der Waals surface area contributed by atoms with Gasteiger partial charge in [0.25, 0.3) is 12.3 Å². The molecule has 0 saturated heterocycles. The average Bonchev–Trinajstić information content (AvgIpc) is 2.05. The van der Waals surface area contributed by atoms with Gasteiger partial charge in [0, 0.05) is 11.6 Å². The summed E-state index contributed by atoms with van der Waals surface area (Å²) in [6.07, 6.45) is 0. The summed E-state index contributed by atoms with van der Waals surface area (Å²) in [6, 6.07) is 8.92. The van der Waals surface area contributed by atoms with Crippen LogP contribution in [0, 0.1) is 0 Å². The molecule has 0 unspecified atom stereocenters. The molecule has 1 aromatic rings. The minimum Gasteiger partial charge on any atom is -0.391 e. The molecule has 0 aliphatic heterocycles. The lowest BCUT2D eigenvalue weighted by atomic mass is 10.3. The Balaban J connectivity index is 2.29. The summed E-state index contributed by atoms with van der Waals surface area (Å²) in [4.78, 5) is 10.1. The highest BCUT2D eigenvalue weighted by atomic mass is 35.5. The molecule has 0 bridgehead atoms. The standard InChI is InChI=1S/C7H5ClO3S/c8-7(9)11-12-10-6-4-2-1-3-5-6/h1-5H. The molecule has 1 aromatic carbocycles. The summed E-state index contributed by atoms with van der Waals surface area (Å²) in [5.74, 6) is 0.598. The monoisotopic (exact) mass is 204 g/mol. The molecule has 1 rings (SSSR count). The maximum atomic E-state index is 10.1. The molecular weight excluding hydrogens is 200 g/mol. The highest BCUT2D eigenvalue weighted by Crippen LogP contribution is 2.16. The van der Waals surface area contributed by atoms with E-state index in [2.05, 4.69) is 4.18 Å². The molecule has 0 aliphatic rings. The van der Waals surface area contributed by atoms with Crippen LogP contribution in [0.5, 0.6) is 5.75 Å². The molecule has 3 nitrogen and oxygen atoms in total. The van der Waals surface area contributed by atoms with Crippen LogP contribution in [-0.4, -0.2) is 5.43 Å².